The van der Waals surface area contributed by atoms with Crippen molar-refractivity contribution < 1.29 is 0 Å². The molecule has 0 radical (unpaired) electrons. The van der Waals surface area contributed by atoms with Crippen LogP contribution >= 0.6 is 0 Å². The normalized spacial score (nSPS) is 15.7. The van der Waals surface area contributed by atoms with Crippen molar-refractivity contribution in [2.24, 2.45) is 0 Å². The molecule has 1 saturated heterocycles. The number of benzene rings is 1. The molecule has 3 nitrogen and oxygen atoms in total. The molecule has 1 aromatic heterocycles. The summed E-state index contributed by atoms with van der Waals surface area (Å²) in [6.07, 6.45) is 6.03. The van der Waals surface area contributed by atoms with Crippen LogP contribution < -0.4 is 4.90 Å². The maximum atomic E-state index is 4.64. The highest BCUT2D eigenvalue weighted by Crippen LogP contribution is 2.31. The monoisotopic (exact) mass is 255 g/mol. The predicted molar refractivity (Wildman–Crippen MR) is 79.4 cm³/mol. The fourth-order valence-electron chi connectivity index (χ4n) is 2.78. The highest BCUT2D eigenvalue weighted by molar-refractivity contribution is 5.76. The first kappa shape index (κ1) is 12.3. The van der Waals surface area contributed by atoms with Crippen LogP contribution in [0.2, 0.25) is 0 Å². The SMILES string of the molecule is CCn1ccc(-c2ccccc2N2CCCCC2)n1. The number of aromatic nitrogens is 2. The Balaban J connectivity index is 1.96. The maximum absolute atomic E-state index is 4.64. The first-order chi connectivity index (χ1) is 9.38. The van der Waals surface area contributed by atoms with Gasteiger partial charge in [0.05, 0.1) is 5.69 Å². The first-order valence-corrected chi connectivity index (χ1v) is 7.26. The molecule has 1 aliphatic rings. The van der Waals surface area contributed by atoms with Crippen LogP contribution in [-0.2, 0) is 6.54 Å². The zero-order valence-electron chi connectivity index (χ0n) is 11.5. The molecule has 100 valence electrons. The van der Waals surface area contributed by atoms with Gasteiger partial charge in [-0.05, 0) is 38.3 Å². The first-order valence-electron chi connectivity index (χ1n) is 7.26. The van der Waals surface area contributed by atoms with Crippen LogP contribution in [0.25, 0.3) is 11.3 Å². The lowest BCUT2D eigenvalue weighted by Crippen LogP contribution is -2.29. The second-order valence-corrected chi connectivity index (χ2v) is 5.12. The molecule has 0 aliphatic carbocycles. The highest BCUT2D eigenvalue weighted by Gasteiger charge is 2.15. The minimum atomic E-state index is 0.923. The van der Waals surface area contributed by atoms with Crippen molar-refractivity contribution in [2.45, 2.75) is 32.7 Å². The highest BCUT2D eigenvalue weighted by atomic mass is 15.3. The average Bonchev–Trinajstić information content (AvgIpc) is 2.97. The Hall–Kier alpha value is -1.77. The summed E-state index contributed by atoms with van der Waals surface area (Å²) < 4.78 is 1.99. The third kappa shape index (κ3) is 2.50. The fourth-order valence-corrected chi connectivity index (χ4v) is 2.78. The van der Waals surface area contributed by atoms with Gasteiger partial charge in [-0.15, -0.1) is 0 Å². The third-order valence-electron chi connectivity index (χ3n) is 3.84. The fraction of sp³-hybridized carbons (Fsp3) is 0.438. The van der Waals surface area contributed by atoms with E-state index in [2.05, 4.69) is 53.5 Å². The molecule has 3 heteroatoms. The number of hydrogen-bond acceptors (Lipinski definition) is 2. The van der Waals surface area contributed by atoms with E-state index in [1.54, 1.807) is 0 Å². The molecule has 0 bridgehead atoms. The van der Waals surface area contributed by atoms with Crippen molar-refractivity contribution in [3.63, 3.8) is 0 Å². The van der Waals surface area contributed by atoms with Crippen molar-refractivity contribution in [3.05, 3.63) is 36.5 Å². The van der Waals surface area contributed by atoms with Crippen molar-refractivity contribution >= 4 is 5.69 Å². The van der Waals surface area contributed by atoms with Crippen molar-refractivity contribution in [2.75, 3.05) is 18.0 Å². The zero-order valence-corrected chi connectivity index (χ0v) is 11.5. The minimum Gasteiger partial charge on any atom is -0.371 e. The topological polar surface area (TPSA) is 21.1 Å². The van der Waals surface area contributed by atoms with Gasteiger partial charge in [0.15, 0.2) is 0 Å². The van der Waals surface area contributed by atoms with Gasteiger partial charge in [-0.2, -0.15) is 5.10 Å². The molecule has 0 spiro atoms. The standard InChI is InChI=1S/C16H21N3/c1-2-19-13-10-15(17-19)14-8-4-5-9-16(14)18-11-6-3-7-12-18/h4-5,8-10,13H,2-3,6-7,11-12H2,1H3. The Bertz CT molecular complexity index is 538. The summed E-state index contributed by atoms with van der Waals surface area (Å²) in [4.78, 5) is 2.50. The Morgan fingerprint density at radius 1 is 1.05 bits per heavy atom. The molecule has 0 saturated carbocycles. The Morgan fingerprint density at radius 3 is 2.58 bits per heavy atom. The third-order valence-corrected chi connectivity index (χ3v) is 3.84. The molecule has 3 rings (SSSR count). The smallest absolute Gasteiger partial charge is 0.0943 e. The molecule has 0 amide bonds. The van der Waals surface area contributed by atoms with Crippen LogP contribution in [0.4, 0.5) is 5.69 Å². The quantitative estimate of drug-likeness (QED) is 0.836. The Labute approximate surface area is 114 Å². The summed E-state index contributed by atoms with van der Waals surface area (Å²) in [5.74, 6) is 0. The molecule has 1 fully saturated rings. The maximum Gasteiger partial charge on any atom is 0.0943 e. The van der Waals surface area contributed by atoms with E-state index < -0.39 is 0 Å². The zero-order chi connectivity index (χ0) is 13.1. The lowest BCUT2D eigenvalue weighted by atomic mass is 10.1. The summed E-state index contributed by atoms with van der Waals surface area (Å²) in [6, 6.07) is 10.8. The van der Waals surface area contributed by atoms with E-state index >= 15 is 0 Å². The molecule has 1 aliphatic heterocycles. The lowest BCUT2D eigenvalue weighted by molar-refractivity contribution is 0.578. The van der Waals surface area contributed by atoms with Crippen molar-refractivity contribution in [1.29, 1.82) is 0 Å². The summed E-state index contributed by atoms with van der Waals surface area (Å²) in [5.41, 5.74) is 3.68. The minimum absolute atomic E-state index is 0.923. The van der Waals surface area contributed by atoms with Crippen LogP contribution in [0.3, 0.4) is 0 Å². The Morgan fingerprint density at radius 2 is 1.84 bits per heavy atom. The van der Waals surface area contributed by atoms with Crippen LogP contribution in [0.15, 0.2) is 36.5 Å². The number of piperidine rings is 1. The van der Waals surface area contributed by atoms with Crippen LogP contribution in [-0.4, -0.2) is 22.9 Å². The molecule has 0 N–H and O–H groups in total. The molecular formula is C16H21N3. The summed E-state index contributed by atoms with van der Waals surface area (Å²) in [6.45, 7) is 5.39. The van der Waals surface area contributed by atoms with E-state index in [1.165, 1.54) is 43.6 Å². The van der Waals surface area contributed by atoms with E-state index in [9.17, 15) is 0 Å². The lowest BCUT2D eigenvalue weighted by Gasteiger charge is -2.30. The van der Waals surface area contributed by atoms with Gasteiger partial charge in [-0.1, -0.05) is 18.2 Å². The summed E-state index contributed by atoms with van der Waals surface area (Å²) in [7, 11) is 0. The molecule has 19 heavy (non-hydrogen) atoms. The van der Waals surface area contributed by atoms with Gasteiger partial charge in [-0.25, -0.2) is 0 Å². The van der Waals surface area contributed by atoms with Crippen molar-refractivity contribution in [3.8, 4) is 11.3 Å². The van der Waals surface area contributed by atoms with E-state index in [1.807, 2.05) is 4.68 Å². The van der Waals surface area contributed by atoms with Crippen LogP contribution in [0.1, 0.15) is 26.2 Å². The molecule has 2 heterocycles. The number of anilines is 1. The predicted octanol–water partition coefficient (Wildman–Crippen LogP) is 3.56. The van der Waals surface area contributed by atoms with E-state index in [4.69, 9.17) is 0 Å². The average molecular weight is 255 g/mol. The van der Waals surface area contributed by atoms with Gasteiger partial charge in [-0.3, -0.25) is 4.68 Å². The molecular weight excluding hydrogens is 234 g/mol. The Kier molecular flexibility index (Phi) is 3.53. The van der Waals surface area contributed by atoms with Gasteiger partial charge in [0.2, 0.25) is 0 Å². The number of rotatable bonds is 3. The van der Waals surface area contributed by atoms with E-state index in [0.29, 0.717) is 0 Å². The van der Waals surface area contributed by atoms with Crippen LogP contribution in [0, 0.1) is 0 Å². The van der Waals surface area contributed by atoms with Gasteiger partial charge in [0.25, 0.3) is 0 Å². The van der Waals surface area contributed by atoms with Gasteiger partial charge in [0, 0.05) is 37.1 Å². The van der Waals surface area contributed by atoms with Crippen molar-refractivity contribution in [1.82, 2.24) is 9.78 Å². The summed E-state index contributed by atoms with van der Waals surface area (Å²) >= 11 is 0. The van der Waals surface area contributed by atoms with E-state index in [0.717, 1.165) is 12.2 Å². The summed E-state index contributed by atoms with van der Waals surface area (Å²) in [5, 5.41) is 4.64. The number of nitrogens with zero attached hydrogens (tertiary/aromatic N) is 3. The number of para-hydroxylation sites is 1. The molecule has 2 aromatic rings. The van der Waals surface area contributed by atoms with E-state index in [-0.39, 0.29) is 0 Å². The van der Waals surface area contributed by atoms with Crippen LogP contribution in [0.5, 0.6) is 0 Å². The number of aryl methyl sites for hydroxylation is 1. The molecule has 1 aromatic carbocycles. The molecule has 0 unspecified atom stereocenters. The largest absolute Gasteiger partial charge is 0.371 e. The van der Waals surface area contributed by atoms with Gasteiger partial charge >= 0.3 is 0 Å². The van der Waals surface area contributed by atoms with Gasteiger partial charge in [0.1, 0.15) is 0 Å². The molecule has 0 atom stereocenters. The number of hydrogen-bond donors (Lipinski definition) is 0. The second kappa shape index (κ2) is 5.47. The second-order valence-electron chi connectivity index (χ2n) is 5.12. The van der Waals surface area contributed by atoms with Gasteiger partial charge < -0.3 is 4.90 Å².